The topological polar surface area (TPSA) is 42.2 Å². The van der Waals surface area contributed by atoms with Crippen molar-refractivity contribution in [2.45, 2.75) is 39.2 Å². The minimum absolute atomic E-state index is 0.640. The van der Waals surface area contributed by atoms with Gasteiger partial charge in [0.05, 0.1) is 0 Å². The van der Waals surface area contributed by atoms with Crippen molar-refractivity contribution < 1.29 is 0 Å². The van der Waals surface area contributed by atoms with Crippen LogP contribution in [0.25, 0.3) is 0 Å². The second kappa shape index (κ2) is 5.50. The number of aromatic nitrogens is 1. The first kappa shape index (κ1) is 12.4. The summed E-state index contributed by atoms with van der Waals surface area (Å²) in [7, 11) is 0. The molecular formula is C14H23N3. The molecule has 0 spiro atoms. The van der Waals surface area contributed by atoms with E-state index in [1.165, 1.54) is 18.4 Å². The van der Waals surface area contributed by atoms with Gasteiger partial charge in [-0.1, -0.05) is 19.9 Å². The van der Waals surface area contributed by atoms with Gasteiger partial charge in [-0.05, 0) is 43.4 Å². The lowest BCUT2D eigenvalue weighted by atomic mass is 10.0. The van der Waals surface area contributed by atoms with Crippen LogP contribution in [0.5, 0.6) is 0 Å². The zero-order valence-electron chi connectivity index (χ0n) is 10.9. The Balaban J connectivity index is 2.26. The molecule has 0 radical (unpaired) electrons. The average molecular weight is 233 g/mol. The summed E-state index contributed by atoms with van der Waals surface area (Å²) in [6.45, 7) is 6.43. The van der Waals surface area contributed by atoms with Crippen molar-refractivity contribution in [1.82, 2.24) is 4.98 Å². The molecule has 1 aromatic rings. The van der Waals surface area contributed by atoms with Crippen LogP contribution in [-0.2, 0) is 6.42 Å². The standard InChI is InChI=1S/C14H23N3/c1-11(2)13-6-4-10-17(13)14-12(7-8-15)5-3-9-16-14/h3,5,9,11,13H,4,6-8,10,15H2,1-2H3. The highest BCUT2D eigenvalue weighted by atomic mass is 15.2. The first-order chi connectivity index (χ1) is 8.24. The molecule has 1 aliphatic heterocycles. The Kier molecular flexibility index (Phi) is 4.00. The molecule has 0 bridgehead atoms. The monoisotopic (exact) mass is 233 g/mol. The van der Waals surface area contributed by atoms with E-state index in [2.05, 4.69) is 29.8 Å². The predicted octanol–water partition coefficient (Wildman–Crippen LogP) is 2.21. The molecule has 0 aromatic carbocycles. The van der Waals surface area contributed by atoms with Crippen LogP contribution in [-0.4, -0.2) is 24.1 Å². The fraction of sp³-hybridized carbons (Fsp3) is 0.643. The lowest BCUT2D eigenvalue weighted by molar-refractivity contribution is 0.489. The minimum Gasteiger partial charge on any atom is -0.353 e. The normalized spacial score (nSPS) is 20.2. The highest BCUT2D eigenvalue weighted by Crippen LogP contribution is 2.30. The molecule has 0 aliphatic carbocycles. The lowest BCUT2D eigenvalue weighted by Gasteiger charge is -2.30. The zero-order valence-corrected chi connectivity index (χ0v) is 10.9. The van der Waals surface area contributed by atoms with Crippen molar-refractivity contribution in [3.05, 3.63) is 23.9 Å². The molecule has 0 saturated carbocycles. The van der Waals surface area contributed by atoms with Crippen molar-refractivity contribution in [3.63, 3.8) is 0 Å². The van der Waals surface area contributed by atoms with E-state index in [0.29, 0.717) is 18.5 Å². The molecule has 17 heavy (non-hydrogen) atoms. The fourth-order valence-electron chi connectivity index (χ4n) is 2.79. The number of hydrogen-bond donors (Lipinski definition) is 1. The number of pyridine rings is 1. The second-order valence-electron chi connectivity index (χ2n) is 5.17. The van der Waals surface area contributed by atoms with Gasteiger partial charge in [-0.2, -0.15) is 0 Å². The van der Waals surface area contributed by atoms with Gasteiger partial charge in [0.1, 0.15) is 5.82 Å². The maximum atomic E-state index is 5.68. The Hall–Kier alpha value is -1.09. The number of nitrogens with zero attached hydrogens (tertiary/aromatic N) is 2. The summed E-state index contributed by atoms with van der Waals surface area (Å²) in [6, 6.07) is 4.81. The number of hydrogen-bond acceptors (Lipinski definition) is 3. The molecule has 1 fully saturated rings. The molecule has 2 rings (SSSR count). The Labute approximate surface area is 104 Å². The van der Waals surface area contributed by atoms with Gasteiger partial charge in [0.25, 0.3) is 0 Å². The molecule has 1 unspecified atom stereocenters. The molecule has 0 amide bonds. The number of anilines is 1. The minimum atomic E-state index is 0.640. The van der Waals surface area contributed by atoms with Gasteiger partial charge in [0.2, 0.25) is 0 Å². The summed E-state index contributed by atoms with van der Waals surface area (Å²) < 4.78 is 0. The van der Waals surface area contributed by atoms with E-state index in [0.717, 1.165) is 18.8 Å². The molecule has 1 saturated heterocycles. The third-order valence-electron chi connectivity index (χ3n) is 3.62. The van der Waals surface area contributed by atoms with Crippen LogP contribution < -0.4 is 10.6 Å². The van der Waals surface area contributed by atoms with E-state index in [-0.39, 0.29) is 0 Å². The Bertz CT molecular complexity index is 362. The van der Waals surface area contributed by atoms with Crippen LogP contribution >= 0.6 is 0 Å². The van der Waals surface area contributed by atoms with E-state index in [1.807, 2.05) is 12.3 Å². The predicted molar refractivity (Wildman–Crippen MR) is 72.2 cm³/mol. The van der Waals surface area contributed by atoms with Crippen LogP contribution in [0.2, 0.25) is 0 Å². The maximum Gasteiger partial charge on any atom is 0.132 e. The molecule has 1 aliphatic rings. The van der Waals surface area contributed by atoms with Gasteiger partial charge in [0, 0.05) is 18.8 Å². The molecule has 94 valence electrons. The first-order valence-corrected chi connectivity index (χ1v) is 6.64. The van der Waals surface area contributed by atoms with Crippen LogP contribution in [0.15, 0.2) is 18.3 Å². The van der Waals surface area contributed by atoms with Gasteiger partial charge < -0.3 is 10.6 Å². The van der Waals surface area contributed by atoms with E-state index >= 15 is 0 Å². The van der Waals surface area contributed by atoms with Crippen LogP contribution in [0.3, 0.4) is 0 Å². The third kappa shape index (κ3) is 2.60. The highest BCUT2D eigenvalue weighted by molar-refractivity contribution is 5.49. The van der Waals surface area contributed by atoms with E-state index in [4.69, 9.17) is 5.73 Å². The van der Waals surface area contributed by atoms with Crippen molar-refractivity contribution in [2.24, 2.45) is 11.7 Å². The van der Waals surface area contributed by atoms with Crippen molar-refractivity contribution in [2.75, 3.05) is 18.0 Å². The summed E-state index contributed by atoms with van der Waals surface area (Å²) >= 11 is 0. The zero-order chi connectivity index (χ0) is 12.3. The van der Waals surface area contributed by atoms with Gasteiger partial charge in [-0.15, -0.1) is 0 Å². The molecule has 3 heteroatoms. The summed E-state index contributed by atoms with van der Waals surface area (Å²) in [5.74, 6) is 1.85. The largest absolute Gasteiger partial charge is 0.353 e. The lowest BCUT2D eigenvalue weighted by Crippen LogP contribution is -2.34. The van der Waals surface area contributed by atoms with Crippen LogP contribution in [0.4, 0.5) is 5.82 Å². The van der Waals surface area contributed by atoms with Gasteiger partial charge in [0.15, 0.2) is 0 Å². The molecule has 1 aromatic heterocycles. The van der Waals surface area contributed by atoms with Gasteiger partial charge >= 0.3 is 0 Å². The fourth-order valence-corrected chi connectivity index (χ4v) is 2.79. The van der Waals surface area contributed by atoms with Crippen LogP contribution in [0, 0.1) is 5.92 Å². The summed E-state index contributed by atoms with van der Waals surface area (Å²) in [6.07, 6.45) is 5.38. The average Bonchev–Trinajstić information content (AvgIpc) is 2.79. The Morgan fingerprint density at radius 2 is 2.35 bits per heavy atom. The Morgan fingerprint density at radius 3 is 3.06 bits per heavy atom. The highest BCUT2D eigenvalue weighted by Gasteiger charge is 2.29. The van der Waals surface area contributed by atoms with Crippen molar-refractivity contribution >= 4 is 5.82 Å². The van der Waals surface area contributed by atoms with Crippen molar-refractivity contribution in [1.29, 1.82) is 0 Å². The number of nitrogens with two attached hydrogens (primary N) is 1. The molecule has 1 atom stereocenters. The maximum absolute atomic E-state index is 5.68. The van der Waals surface area contributed by atoms with Crippen LogP contribution in [0.1, 0.15) is 32.3 Å². The van der Waals surface area contributed by atoms with E-state index in [9.17, 15) is 0 Å². The first-order valence-electron chi connectivity index (χ1n) is 6.64. The molecule has 2 N–H and O–H groups in total. The van der Waals surface area contributed by atoms with E-state index in [1.54, 1.807) is 0 Å². The summed E-state index contributed by atoms with van der Waals surface area (Å²) in [4.78, 5) is 7.06. The summed E-state index contributed by atoms with van der Waals surface area (Å²) in [5.41, 5.74) is 6.97. The van der Waals surface area contributed by atoms with E-state index < -0.39 is 0 Å². The van der Waals surface area contributed by atoms with Gasteiger partial charge in [-0.25, -0.2) is 4.98 Å². The molecule has 2 heterocycles. The van der Waals surface area contributed by atoms with Crippen molar-refractivity contribution in [3.8, 4) is 0 Å². The molecule has 3 nitrogen and oxygen atoms in total. The quantitative estimate of drug-likeness (QED) is 0.867. The smallest absolute Gasteiger partial charge is 0.132 e. The second-order valence-corrected chi connectivity index (χ2v) is 5.17. The molecular weight excluding hydrogens is 210 g/mol. The number of rotatable bonds is 4. The van der Waals surface area contributed by atoms with Gasteiger partial charge in [-0.3, -0.25) is 0 Å². The Morgan fingerprint density at radius 1 is 1.53 bits per heavy atom. The SMILES string of the molecule is CC(C)C1CCCN1c1ncccc1CCN. The summed E-state index contributed by atoms with van der Waals surface area (Å²) in [5, 5.41) is 0. The third-order valence-corrected chi connectivity index (χ3v) is 3.62.